The van der Waals surface area contributed by atoms with Gasteiger partial charge in [-0.15, -0.1) is 0 Å². The molecule has 0 amide bonds. The van der Waals surface area contributed by atoms with Gasteiger partial charge >= 0.3 is 0 Å². The fourth-order valence-corrected chi connectivity index (χ4v) is 2.93. The van der Waals surface area contributed by atoms with E-state index in [4.69, 9.17) is 10.5 Å². The Hall–Kier alpha value is -2.62. The first-order valence-corrected chi connectivity index (χ1v) is 8.93. The molecule has 3 rings (SSSR count). The molecule has 0 aliphatic carbocycles. The summed E-state index contributed by atoms with van der Waals surface area (Å²) >= 11 is 0. The Labute approximate surface area is 149 Å². The van der Waals surface area contributed by atoms with Crippen molar-refractivity contribution in [3.05, 3.63) is 59.8 Å². The highest BCUT2D eigenvalue weighted by Crippen LogP contribution is 2.19. The quantitative estimate of drug-likeness (QED) is 0.606. The van der Waals surface area contributed by atoms with Gasteiger partial charge in [-0.1, -0.05) is 48.7 Å². The van der Waals surface area contributed by atoms with Gasteiger partial charge in [-0.05, 0) is 44.4 Å². The fraction of sp³-hybridized carbons (Fsp3) is 0.333. The average Bonchev–Trinajstić information content (AvgIpc) is 2.62. The van der Waals surface area contributed by atoms with Gasteiger partial charge in [0.1, 0.15) is 5.75 Å². The second-order valence-electron chi connectivity index (χ2n) is 6.37. The number of nitrogens with zero attached hydrogens (tertiary/aromatic N) is 2. The van der Waals surface area contributed by atoms with E-state index in [0.29, 0.717) is 5.95 Å². The molecule has 0 saturated carbocycles. The molecule has 0 aliphatic heterocycles. The van der Waals surface area contributed by atoms with Crippen LogP contribution in [0.2, 0.25) is 0 Å². The fourth-order valence-electron chi connectivity index (χ4n) is 2.93. The molecular weight excluding hydrogens is 310 g/mol. The van der Waals surface area contributed by atoms with Crippen LogP contribution < -0.4 is 10.5 Å². The van der Waals surface area contributed by atoms with E-state index >= 15 is 0 Å². The molecule has 2 N–H and O–H groups in total. The van der Waals surface area contributed by atoms with E-state index in [1.54, 1.807) is 0 Å². The first-order valence-electron chi connectivity index (χ1n) is 8.93. The molecule has 1 heterocycles. The molecule has 4 nitrogen and oxygen atoms in total. The Morgan fingerprint density at radius 1 is 0.880 bits per heavy atom. The van der Waals surface area contributed by atoms with Crippen molar-refractivity contribution in [2.45, 2.75) is 39.0 Å². The standard InChI is InChI=1S/C21H25N3O/c1-16-11-13-17(14-12-16)25-15-7-3-2-4-9-19-18-8-5-6-10-20(18)24-21(22)23-19/h5-6,8,10-14H,2-4,7,9,15H2,1H3,(H2,22,23,24). The number of hydrogen-bond acceptors (Lipinski definition) is 4. The monoisotopic (exact) mass is 335 g/mol. The molecule has 1 aromatic heterocycles. The summed E-state index contributed by atoms with van der Waals surface area (Å²) < 4.78 is 5.76. The minimum Gasteiger partial charge on any atom is -0.494 e. The normalized spacial score (nSPS) is 10.9. The SMILES string of the molecule is Cc1ccc(OCCCCCCc2nc(N)nc3ccccc23)cc1. The van der Waals surface area contributed by atoms with E-state index in [-0.39, 0.29) is 0 Å². The van der Waals surface area contributed by atoms with Crippen LogP contribution in [-0.4, -0.2) is 16.6 Å². The molecule has 0 bridgehead atoms. The molecule has 4 heteroatoms. The van der Waals surface area contributed by atoms with Crippen molar-refractivity contribution >= 4 is 16.9 Å². The summed E-state index contributed by atoms with van der Waals surface area (Å²) in [5.74, 6) is 1.31. The van der Waals surface area contributed by atoms with Crippen molar-refractivity contribution in [2.75, 3.05) is 12.3 Å². The number of ether oxygens (including phenoxy) is 1. The first-order chi connectivity index (χ1) is 12.2. The number of fused-ring (bicyclic) bond motifs is 1. The smallest absolute Gasteiger partial charge is 0.220 e. The molecule has 3 aromatic rings. The first kappa shape index (κ1) is 17.2. The lowest BCUT2D eigenvalue weighted by Gasteiger charge is -2.08. The van der Waals surface area contributed by atoms with Crippen molar-refractivity contribution < 1.29 is 4.74 Å². The summed E-state index contributed by atoms with van der Waals surface area (Å²) in [5.41, 5.74) is 9.06. The third kappa shape index (κ3) is 4.92. The highest BCUT2D eigenvalue weighted by molar-refractivity contribution is 5.81. The molecule has 0 saturated heterocycles. The number of nitrogens with two attached hydrogens (primary N) is 1. The topological polar surface area (TPSA) is 61.0 Å². The summed E-state index contributed by atoms with van der Waals surface area (Å²) in [4.78, 5) is 8.71. The molecule has 0 aliphatic rings. The Morgan fingerprint density at radius 3 is 2.48 bits per heavy atom. The lowest BCUT2D eigenvalue weighted by Crippen LogP contribution is -2.01. The third-order valence-electron chi connectivity index (χ3n) is 4.30. The van der Waals surface area contributed by atoms with Crippen molar-refractivity contribution in [3.63, 3.8) is 0 Å². The summed E-state index contributed by atoms with van der Waals surface area (Å²) in [7, 11) is 0. The lowest BCUT2D eigenvalue weighted by molar-refractivity contribution is 0.304. The Kier molecular flexibility index (Phi) is 5.83. The second-order valence-corrected chi connectivity index (χ2v) is 6.37. The van der Waals surface area contributed by atoms with Crippen molar-refractivity contribution in [2.24, 2.45) is 0 Å². The molecule has 0 unspecified atom stereocenters. The van der Waals surface area contributed by atoms with E-state index in [2.05, 4.69) is 35.1 Å². The molecule has 0 atom stereocenters. The number of aromatic nitrogens is 2. The van der Waals surface area contributed by atoms with E-state index in [1.807, 2.05) is 30.3 Å². The van der Waals surface area contributed by atoms with Gasteiger partial charge in [0.2, 0.25) is 5.95 Å². The molecule has 2 aromatic carbocycles. The zero-order chi connectivity index (χ0) is 17.5. The van der Waals surface area contributed by atoms with Crippen LogP contribution in [0.4, 0.5) is 5.95 Å². The average molecular weight is 335 g/mol. The van der Waals surface area contributed by atoms with Crippen LogP contribution in [0.25, 0.3) is 10.9 Å². The van der Waals surface area contributed by atoms with Gasteiger partial charge in [0.25, 0.3) is 0 Å². The predicted molar refractivity (Wildman–Crippen MR) is 103 cm³/mol. The van der Waals surface area contributed by atoms with Gasteiger partial charge in [-0.2, -0.15) is 0 Å². The largest absolute Gasteiger partial charge is 0.494 e. The maximum Gasteiger partial charge on any atom is 0.220 e. The highest BCUT2D eigenvalue weighted by Gasteiger charge is 2.05. The van der Waals surface area contributed by atoms with Crippen molar-refractivity contribution in [1.29, 1.82) is 0 Å². The van der Waals surface area contributed by atoms with Crippen LogP contribution in [0.1, 0.15) is 36.9 Å². The van der Waals surface area contributed by atoms with E-state index in [0.717, 1.165) is 61.1 Å². The second kappa shape index (κ2) is 8.47. The molecule has 0 radical (unpaired) electrons. The minimum absolute atomic E-state index is 0.361. The van der Waals surface area contributed by atoms with Gasteiger partial charge in [-0.3, -0.25) is 0 Å². The number of aryl methyl sites for hydroxylation is 2. The van der Waals surface area contributed by atoms with Gasteiger partial charge in [0.15, 0.2) is 0 Å². The van der Waals surface area contributed by atoms with E-state index in [9.17, 15) is 0 Å². The number of rotatable bonds is 8. The molecule has 25 heavy (non-hydrogen) atoms. The lowest BCUT2D eigenvalue weighted by atomic mass is 10.1. The number of hydrogen-bond donors (Lipinski definition) is 1. The highest BCUT2D eigenvalue weighted by atomic mass is 16.5. The zero-order valence-electron chi connectivity index (χ0n) is 14.7. The van der Waals surface area contributed by atoms with Crippen LogP contribution >= 0.6 is 0 Å². The summed E-state index contributed by atoms with van der Waals surface area (Å²) in [6.45, 7) is 2.85. The zero-order valence-corrected chi connectivity index (χ0v) is 14.7. The van der Waals surface area contributed by atoms with Gasteiger partial charge in [0, 0.05) is 5.39 Å². The number of para-hydroxylation sites is 1. The Bertz CT molecular complexity index is 815. The predicted octanol–water partition coefficient (Wildman–Crippen LogP) is 4.70. The number of anilines is 1. The molecular formula is C21H25N3O. The molecule has 130 valence electrons. The van der Waals surface area contributed by atoms with E-state index in [1.165, 1.54) is 5.56 Å². The van der Waals surface area contributed by atoms with Crippen LogP contribution in [0.5, 0.6) is 5.75 Å². The van der Waals surface area contributed by atoms with Crippen molar-refractivity contribution in [3.8, 4) is 5.75 Å². The number of unbranched alkanes of at least 4 members (excludes halogenated alkanes) is 3. The number of nitrogen functional groups attached to an aromatic ring is 1. The van der Waals surface area contributed by atoms with Crippen LogP contribution in [0.15, 0.2) is 48.5 Å². The minimum atomic E-state index is 0.361. The van der Waals surface area contributed by atoms with Gasteiger partial charge in [-0.25, -0.2) is 9.97 Å². The molecule has 0 fully saturated rings. The van der Waals surface area contributed by atoms with Gasteiger partial charge < -0.3 is 10.5 Å². The summed E-state index contributed by atoms with van der Waals surface area (Å²) in [5, 5.41) is 1.11. The summed E-state index contributed by atoms with van der Waals surface area (Å²) in [6.07, 6.45) is 5.43. The van der Waals surface area contributed by atoms with Crippen LogP contribution in [0, 0.1) is 6.92 Å². The van der Waals surface area contributed by atoms with E-state index < -0.39 is 0 Å². The maximum absolute atomic E-state index is 5.82. The van der Waals surface area contributed by atoms with Crippen LogP contribution in [0.3, 0.4) is 0 Å². The van der Waals surface area contributed by atoms with Gasteiger partial charge in [0.05, 0.1) is 17.8 Å². The van der Waals surface area contributed by atoms with Crippen molar-refractivity contribution in [1.82, 2.24) is 9.97 Å². The number of benzene rings is 2. The Morgan fingerprint density at radius 2 is 1.64 bits per heavy atom. The summed E-state index contributed by atoms with van der Waals surface area (Å²) in [6, 6.07) is 16.3. The third-order valence-corrected chi connectivity index (χ3v) is 4.30. The maximum atomic E-state index is 5.82. The Balaban J connectivity index is 1.39. The molecule has 0 spiro atoms. The van der Waals surface area contributed by atoms with Crippen LogP contribution in [-0.2, 0) is 6.42 Å².